The van der Waals surface area contributed by atoms with Gasteiger partial charge in [0.1, 0.15) is 16.8 Å². The summed E-state index contributed by atoms with van der Waals surface area (Å²) in [6.07, 6.45) is 1.99. The van der Waals surface area contributed by atoms with E-state index in [1.54, 1.807) is 7.11 Å². The predicted octanol–water partition coefficient (Wildman–Crippen LogP) is 3.76. The molecule has 4 aromatic rings. The minimum absolute atomic E-state index is 0.295. The van der Waals surface area contributed by atoms with E-state index in [0.29, 0.717) is 40.4 Å². The SMILES string of the molecule is COc1ccccc1N1CCN(CCCOC(=O)C2=C(C)NC(C)=C(c3nnco3)C2c2cccc3nonc23)CC1. The number of nitrogens with zero attached hydrogens (tertiary/aromatic N) is 6. The molecule has 1 saturated heterocycles. The van der Waals surface area contributed by atoms with Crippen LogP contribution in [0.4, 0.5) is 5.69 Å². The van der Waals surface area contributed by atoms with Crippen LogP contribution in [0.15, 0.2) is 74.9 Å². The monoisotopic (exact) mass is 571 g/mol. The second-order valence-electron chi connectivity index (χ2n) is 10.3. The minimum atomic E-state index is -0.571. The zero-order chi connectivity index (χ0) is 29.1. The molecule has 42 heavy (non-hydrogen) atoms. The number of anilines is 1. The smallest absolute Gasteiger partial charge is 0.336 e. The first-order chi connectivity index (χ1) is 20.5. The standard InChI is InChI=1S/C30H33N7O5/c1-19-25(29-33-31-18-41-29)27(21-8-6-9-22-28(21)35-42-34-22)26(20(2)32-19)30(38)40-17-7-12-36-13-15-37(16-14-36)23-10-4-5-11-24(23)39-3/h4-6,8-11,18,27,32H,7,12-17H2,1-3H3. The highest BCUT2D eigenvalue weighted by Gasteiger charge is 2.38. The van der Waals surface area contributed by atoms with E-state index in [-0.39, 0.29) is 0 Å². The van der Waals surface area contributed by atoms with Crippen LogP contribution < -0.4 is 15.0 Å². The molecule has 218 valence electrons. The normalized spacial score (nSPS) is 18.0. The molecule has 6 rings (SSSR count). The minimum Gasteiger partial charge on any atom is -0.495 e. The van der Waals surface area contributed by atoms with Gasteiger partial charge in [0.25, 0.3) is 0 Å². The number of para-hydroxylation sites is 2. The Kier molecular flexibility index (Phi) is 7.87. The number of benzene rings is 2. The number of rotatable bonds is 9. The zero-order valence-corrected chi connectivity index (χ0v) is 23.9. The molecule has 0 aliphatic carbocycles. The van der Waals surface area contributed by atoms with Crippen LogP contribution in [0.3, 0.4) is 0 Å². The second-order valence-corrected chi connectivity index (χ2v) is 10.3. The van der Waals surface area contributed by atoms with Crippen LogP contribution in [0, 0.1) is 0 Å². The van der Waals surface area contributed by atoms with Crippen LogP contribution in [-0.2, 0) is 9.53 Å². The number of allylic oxidation sites excluding steroid dienone is 3. The number of dihydropyridines is 1. The number of hydrogen-bond acceptors (Lipinski definition) is 12. The number of aromatic nitrogens is 4. The third kappa shape index (κ3) is 5.32. The molecule has 1 unspecified atom stereocenters. The molecule has 2 aliphatic rings. The number of nitrogens with one attached hydrogen (secondary N) is 1. The Balaban J connectivity index is 1.13. The Morgan fingerprint density at radius 2 is 1.88 bits per heavy atom. The first kappa shape index (κ1) is 27.5. The van der Waals surface area contributed by atoms with E-state index in [0.717, 1.165) is 61.8 Å². The van der Waals surface area contributed by atoms with Gasteiger partial charge in [0, 0.05) is 49.7 Å². The van der Waals surface area contributed by atoms with Gasteiger partial charge in [0.15, 0.2) is 0 Å². The fraction of sp³-hybridized carbons (Fsp3) is 0.367. The van der Waals surface area contributed by atoms with Gasteiger partial charge in [-0.2, -0.15) is 0 Å². The number of carbonyl (C=O) groups excluding carboxylic acids is 1. The lowest BCUT2D eigenvalue weighted by molar-refractivity contribution is -0.139. The molecule has 0 radical (unpaired) electrons. The van der Waals surface area contributed by atoms with E-state index in [4.69, 9.17) is 18.5 Å². The largest absolute Gasteiger partial charge is 0.495 e. The zero-order valence-electron chi connectivity index (χ0n) is 23.9. The topological polar surface area (TPSA) is 132 Å². The summed E-state index contributed by atoms with van der Waals surface area (Å²) in [5.41, 5.74) is 5.61. The van der Waals surface area contributed by atoms with E-state index >= 15 is 0 Å². The van der Waals surface area contributed by atoms with E-state index in [1.807, 2.05) is 50.2 Å². The molecule has 2 aromatic carbocycles. The van der Waals surface area contributed by atoms with Gasteiger partial charge < -0.3 is 24.1 Å². The van der Waals surface area contributed by atoms with Gasteiger partial charge in [0.05, 0.1) is 30.9 Å². The Hall–Kier alpha value is -4.71. The second kappa shape index (κ2) is 12.0. The highest BCUT2D eigenvalue weighted by atomic mass is 16.6. The van der Waals surface area contributed by atoms with Gasteiger partial charge in [0.2, 0.25) is 12.3 Å². The number of methoxy groups -OCH3 is 1. The number of esters is 1. The van der Waals surface area contributed by atoms with E-state index in [9.17, 15) is 4.79 Å². The van der Waals surface area contributed by atoms with E-state index in [1.165, 1.54) is 6.39 Å². The summed E-state index contributed by atoms with van der Waals surface area (Å²) in [5.74, 6) is 0.214. The molecule has 0 bridgehead atoms. The highest BCUT2D eigenvalue weighted by molar-refractivity contribution is 5.98. The number of fused-ring (bicyclic) bond motifs is 1. The first-order valence-corrected chi connectivity index (χ1v) is 14.0. The van der Waals surface area contributed by atoms with Crippen LogP contribution in [-0.4, -0.2) is 77.8 Å². The summed E-state index contributed by atoms with van der Waals surface area (Å²) in [4.78, 5) is 18.4. The summed E-state index contributed by atoms with van der Waals surface area (Å²) in [5, 5.41) is 19.4. The summed E-state index contributed by atoms with van der Waals surface area (Å²) in [6, 6.07) is 13.7. The number of hydrogen-bond donors (Lipinski definition) is 1. The van der Waals surface area contributed by atoms with Gasteiger partial charge in [-0.15, -0.1) is 10.2 Å². The lowest BCUT2D eigenvalue weighted by Crippen LogP contribution is -2.46. The molecule has 2 aromatic heterocycles. The Bertz CT molecular complexity index is 1620. The van der Waals surface area contributed by atoms with Crippen molar-refractivity contribution in [2.45, 2.75) is 26.2 Å². The predicted molar refractivity (Wildman–Crippen MR) is 154 cm³/mol. The van der Waals surface area contributed by atoms with Crippen LogP contribution in [0.5, 0.6) is 5.75 Å². The summed E-state index contributed by atoms with van der Waals surface area (Å²) >= 11 is 0. The average Bonchev–Trinajstić information content (AvgIpc) is 3.72. The quantitative estimate of drug-likeness (QED) is 0.232. The van der Waals surface area contributed by atoms with Crippen molar-refractivity contribution in [3.8, 4) is 5.75 Å². The number of piperazine rings is 1. The van der Waals surface area contributed by atoms with E-state index < -0.39 is 11.9 Å². The third-order valence-electron chi connectivity index (χ3n) is 7.85. The lowest BCUT2D eigenvalue weighted by atomic mass is 9.80. The number of ether oxygens (including phenoxy) is 2. The molecular weight excluding hydrogens is 538 g/mol. The van der Waals surface area contributed by atoms with Gasteiger partial charge >= 0.3 is 5.97 Å². The third-order valence-corrected chi connectivity index (χ3v) is 7.85. The van der Waals surface area contributed by atoms with Crippen molar-refractivity contribution in [1.29, 1.82) is 0 Å². The van der Waals surface area contributed by atoms with Crippen LogP contribution in [0.1, 0.15) is 37.6 Å². The molecule has 0 saturated carbocycles. The lowest BCUT2D eigenvalue weighted by Gasteiger charge is -2.36. The molecule has 4 heterocycles. The van der Waals surface area contributed by atoms with Crippen molar-refractivity contribution < 1.29 is 23.3 Å². The van der Waals surface area contributed by atoms with Gasteiger partial charge in [-0.25, -0.2) is 9.42 Å². The molecule has 0 spiro atoms. The molecule has 1 N–H and O–H groups in total. The van der Waals surface area contributed by atoms with Crippen molar-refractivity contribution in [2.24, 2.45) is 0 Å². The van der Waals surface area contributed by atoms with Crippen molar-refractivity contribution in [3.05, 3.63) is 77.3 Å². The Labute approximate surface area is 242 Å². The van der Waals surface area contributed by atoms with Gasteiger partial charge in [-0.05, 0) is 54.3 Å². The van der Waals surface area contributed by atoms with Crippen molar-refractivity contribution in [1.82, 2.24) is 30.7 Å². The van der Waals surface area contributed by atoms with Crippen molar-refractivity contribution in [2.75, 3.05) is 51.3 Å². The fourth-order valence-electron chi connectivity index (χ4n) is 5.84. The van der Waals surface area contributed by atoms with E-state index in [2.05, 4.69) is 41.7 Å². The molecule has 2 aliphatic heterocycles. The molecule has 0 amide bonds. The molecule has 12 heteroatoms. The fourth-order valence-corrected chi connectivity index (χ4v) is 5.84. The van der Waals surface area contributed by atoms with Crippen LogP contribution in [0.2, 0.25) is 0 Å². The van der Waals surface area contributed by atoms with Crippen molar-refractivity contribution in [3.63, 3.8) is 0 Å². The van der Waals surface area contributed by atoms with Crippen LogP contribution in [0.25, 0.3) is 16.6 Å². The summed E-state index contributed by atoms with van der Waals surface area (Å²) in [6.45, 7) is 8.57. The molecule has 1 fully saturated rings. The van der Waals surface area contributed by atoms with Gasteiger partial charge in [-0.1, -0.05) is 24.3 Å². The molecule has 1 atom stereocenters. The Morgan fingerprint density at radius 3 is 2.67 bits per heavy atom. The average molecular weight is 572 g/mol. The summed E-state index contributed by atoms with van der Waals surface area (Å²) < 4.78 is 22.0. The maximum atomic E-state index is 13.7. The number of carbonyl (C=O) groups is 1. The summed E-state index contributed by atoms with van der Waals surface area (Å²) in [7, 11) is 1.70. The maximum absolute atomic E-state index is 13.7. The van der Waals surface area contributed by atoms with Crippen LogP contribution >= 0.6 is 0 Å². The maximum Gasteiger partial charge on any atom is 0.336 e. The molecular formula is C30H33N7O5. The highest BCUT2D eigenvalue weighted by Crippen LogP contribution is 2.44. The Morgan fingerprint density at radius 1 is 1.05 bits per heavy atom. The first-order valence-electron chi connectivity index (χ1n) is 14.0. The molecule has 12 nitrogen and oxygen atoms in total. The van der Waals surface area contributed by atoms with Gasteiger partial charge in [-0.3, -0.25) is 4.90 Å². The van der Waals surface area contributed by atoms with Crippen molar-refractivity contribution >= 4 is 28.3 Å².